The van der Waals surface area contributed by atoms with Crippen LogP contribution in [-0.2, 0) is 0 Å². The maximum atomic E-state index is 11.5. The first-order valence-corrected chi connectivity index (χ1v) is 6.25. The first-order valence-electron chi connectivity index (χ1n) is 5.46. The number of rotatable bonds is 5. The fraction of sp³-hybridized carbons (Fsp3) is 0.417. The van der Waals surface area contributed by atoms with E-state index in [-0.39, 0.29) is 29.4 Å². The molecule has 19 heavy (non-hydrogen) atoms. The van der Waals surface area contributed by atoms with Gasteiger partial charge >= 0.3 is 5.69 Å². The van der Waals surface area contributed by atoms with Crippen molar-refractivity contribution in [2.75, 3.05) is 6.61 Å². The summed E-state index contributed by atoms with van der Waals surface area (Å²) in [6.07, 6.45) is 0. The summed E-state index contributed by atoms with van der Waals surface area (Å²) in [4.78, 5) is 21.9. The van der Waals surface area contributed by atoms with Crippen LogP contribution in [0.3, 0.4) is 0 Å². The summed E-state index contributed by atoms with van der Waals surface area (Å²) in [7, 11) is 0. The summed E-state index contributed by atoms with van der Waals surface area (Å²) in [5.74, 6) is -0.474. The highest BCUT2D eigenvalue weighted by molar-refractivity contribution is 9.10. The number of ether oxygens (including phenoxy) is 1. The van der Waals surface area contributed by atoms with Crippen LogP contribution in [0.5, 0.6) is 5.75 Å². The summed E-state index contributed by atoms with van der Waals surface area (Å²) in [6, 6.07) is 2.71. The van der Waals surface area contributed by atoms with Gasteiger partial charge in [0.05, 0.1) is 16.1 Å². The van der Waals surface area contributed by atoms with Gasteiger partial charge in [0.1, 0.15) is 6.61 Å². The van der Waals surface area contributed by atoms with Gasteiger partial charge in [0.25, 0.3) is 0 Å². The van der Waals surface area contributed by atoms with E-state index in [1.165, 1.54) is 32.9 Å². The van der Waals surface area contributed by atoms with Gasteiger partial charge in [-0.15, -0.1) is 0 Å². The molecule has 1 aromatic carbocycles. The van der Waals surface area contributed by atoms with E-state index in [4.69, 9.17) is 4.74 Å². The van der Waals surface area contributed by atoms with Crippen LogP contribution in [-0.4, -0.2) is 28.0 Å². The Morgan fingerprint density at radius 2 is 2.11 bits per heavy atom. The zero-order valence-corrected chi connectivity index (χ0v) is 12.4. The molecule has 0 heterocycles. The van der Waals surface area contributed by atoms with Crippen LogP contribution >= 0.6 is 15.9 Å². The molecule has 0 saturated heterocycles. The average Bonchev–Trinajstić information content (AvgIpc) is 2.24. The lowest BCUT2D eigenvalue weighted by Crippen LogP contribution is -2.28. The minimum absolute atomic E-state index is 0.102. The highest BCUT2D eigenvalue weighted by atomic mass is 79.9. The Labute approximate surface area is 118 Å². The molecule has 1 rings (SSSR count). The first-order chi connectivity index (χ1) is 8.61. The van der Waals surface area contributed by atoms with E-state index in [2.05, 4.69) is 15.9 Å². The van der Waals surface area contributed by atoms with Crippen molar-refractivity contribution >= 4 is 27.4 Å². The number of halogens is 1. The molecule has 0 saturated carbocycles. The number of hydrogen-bond acceptors (Lipinski definition) is 5. The van der Waals surface area contributed by atoms with E-state index < -0.39 is 10.5 Å². The van der Waals surface area contributed by atoms with Crippen LogP contribution < -0.4 is 4.74 Å². The zero-order valence-electron chi connectivity index (χ0n) is 10.8. The highest BCUT2D eigenvalue weighted by Gasteiger charge is 2.25. The average molecular weight is 332 g/mol. The molecule has 0 aliphatic carbocycles. The molecule has 0 spiro atoms. The van der Waals surface area contributed by atoms with Gasteiger partial charge in [0.2, 0.25) is 5.75 Å². The van der Waals surface area contributed by atoms with E-state index in [1.54, 1.807) is 0 Å². The molecule has 0 aliphatic heterocycles. The summed E-state index contributed by atoms with van der Waals surface area (Å²) in [5.41, 5.74) is -1.37. The predicted octanol–water partition coefficient (Wildman–Crippen LogP) is 2.71. The van der Waals surface area contributed by atoms with Gasteiger partial charge < -0.3 is 9.84 Å². The van der Waals surface area contributed by atoms with Crippen molar-refractivity contribution in [3.05, 3.63) is 32.3 Å². The molecule has 6 nitrogen and oxygen atoms in total. The molecule has 0 radical (unpaired) electrons. The summed E-state index contributed by atoms with van der Waals surface area (Å²) < 4.78 is 5.69. The Kier molecular flexibility index (Phi) is 4.65. The van der Waals surface area contributed by atoms with Gasteiger partial charge in [-0.05, 0) is 26.8 Å². The summed E-state index contributed by atoms with van der Waals surface area (Å²) >= 11 is 3.11. The molecule has 1 N–H and O–H groups in total. The minimum atomic E-state index is -1.16. The van der Waals surface area contributed by atoms with E-state index in [0.717, 1.165) is 0 Å². The zero-order chi connectivity index (χ0) is 14.8. The lowest BCUT2D eigenvalue weighted by atomic mass is 10.1. The van der Waals surface area contributed by atoms with Crippen molar-refractivity contribution in [1.29, 1.82) is 0 Å². The second-order valence-electron chi connectivity index (χ2n) is 4.72. The van der Waals surface area contributed by atoms with Crippen molar-refractivity contribution in [3.63, 3.8) is 0 Å². The number of nitro groups is 1. The van der Waals surface area contributed by atoms with Crippen LogP contribution in [0.4, 0.5) is 5.69 Å². The van der Waals surface area contributed by atoms with E-state index in [1.807, 2.05) is 0 Å². The van der Waals surface area contributed by atoms with Crippen molar-refractivity contribution in [1.82, 2.24) is 0 Å². The Morgan fingerprint density at radius 3 is 2.53 bits per heavy atom. The third-order valence-electron chi connectivity index (χ3n) is 2.18. The van der Waals surface area contributed by atoms with Crippen molar-refractivity contribution in [2.24, 2.45) is 0 Å². The van der Waals surface area contributed by atoms with Crippen LogP contribution in [0.25, 0.3) is 0 Å². The Hall–Kier alpha value is -1.47. The molecular formula is C12H14BrNO5. The number of carbonyl (C=O) groups is 1. The Bertz CT molecular complexity index is 486. The van der Waals surface area contributed by atoms with E-state index >= 15 is 0 Å². The predicted molar refractivity (Wildman–Crippen MR) is 72.6 cm³/mol. The number of aliphatic hydroxyl groups is 1. The molecule has 0 amide bonds. The van der Waals surface area contributed by atoms with Gasteiger partial charge in [0.15, 0.2) is 5.78 Å². The largest absolute Gasteiger partial charge is 0.483 e. The summed E-state index contributed by atoms with van der Waals surface area (Å²) in [5, 5.41) is 20.6. The van der Waals surface area contributed by atoms with Gasteiger partial charge in [-0.25, -0.2) is 0 Å². The van der Waals surface area contributed by atoms with Crippen molar-refractivity contribution in [2.45, 2.75) is 26.4 Å². The molecule has 0 fully saturated rings. The number of benzene rings is 1. The molecule has 104 valence electrons. The molecule has 0 atom stereocenters. The van der Waals surface area contributed by atoms with Gasteiger partial charge in [-0.2, -0.15) is 0 Å². The topological polar surface area (TPSA) is 89.7 Å². The fourth-order valence-electron chi connectivity index (χ4n) is 1.38. The quantitative estimate of drug-likeness (QED) is 0.509. The van der Waals surface area contributed by atoms with Gasteiger partial charge in [-0.1, -0.05) is 15.9 Å². The van der Waals surface area contributed by atoms with Crippen LogP contribution in [0.15, 0.2) is 16.6 Å². The third kappa shape index (κ3) is 4.29. The van der Waals surface area contributed by atoms with Crippen LogP contribution in [0.2, 0.25) is 0 Å². The number of Topliss-reactive ketones (excluding diaryl/α,β-unsaturated/α-hetero) is 1. The van der Waals surface area contributed by atoms with E-state index in [9.17, 15) is 20.0 Å². The molecular weight excluding hydrogens is 318 g/mol. The lowest BCUT2D eigenvalue weighted by molar-refractivity contribution is -0.386. The maximum absolute atomic E-state index is 11.5. The molecule has 0 unspecified atom stereocenters. The van der Waals surface area contributed by atoms with Crippen LogP contribution in [0, 0.1) is 10.1 Å². The highest BCUT2D eigenvalue weighted by Crippen LogP contribution is 2.35. The molecule has 0 aromatic heterocycles. The second-order valence-corrected chi connectivity index (χ2v) is 5.63. The Balaban J connectivity index is 3.31. The van der Waals surface area contributed by atoms with Crippen molar-refractivity contribution in [3.8, 4) is 5.75 Å². The molecule has 0 bridgehead atoms. The molecule has 0 aliphatic rings. The third-order valence-corrected chi connectivity index (χ3v) is 2.64. The molecule has 1 aromatic rings. The maximum Gasteiger partial charge on any atom is 0.312 e. The number of ketones is 1. The minimum Gasteiger partial charge on any atom is -0.483 e. The smallest absolute Gasteiger partial charge is 0.312 e. The Morgan fingerprint density at radius 1 is 1.53 bits per heavy atom. The van der Waals surface area contributed by atoms with E-state index in [0.29, 0.717) is 4.47 Å². The van der Waals surface area contributed by atoms with Crippen molar-refractivity contribution < 1.29 is 19.6 Å². The number of carbonyl (C=O) groups excluding carboxylic acids is 1. The lowest BCUT2D eigenvalue weighted by Gasteiger charge is -2.19. The fourth-order valence-corrected chi connectivity index (χ4v) is 1.82. The number of hydrogen-bond donors (Lipinski definition) is 1. The SMILES string of the molecule is CC(=O)c1cc(Br)cc([N+](=O)[O-])c1OCC(C)(C)O. The summed E-state index contributed by atoms with van der Waals surface area (Å²) in [6.45, 7) is 4.15. The molecule has 7 heteroatoms. The van der Waals surface area contributed by atoms with Crippen LogP contribution in [0.1, 0.15) is 31.1 Å². The standard InChI is InChI=1S/C12H14BrNO5/c1-7(15)9-4-8(13)5-10(14(17)18)11(9)19-6-12(2,3)16/h4-5,16H,6H2,1-3H3. The number of nitro benzene ring substituents is 1. The van der Waals surface area contributed by atoms with Gasteiger partial charge in [-0.3, -0.25) is 14.9 Å². The normalized spacial score (nSPS) is 11.2. The monoisotopic (exact) mass is 331 g/mol. The van der Waals surface area contributed by atoms with Gasteiger partial charge in [0, 0.05) is 10.5 Å². The number of nitrogens with zero attached hydrogens (tertiary/aromatic N) is 1. The first kappa shape index (κ1) is 15.6. The second kappa shape index (κ2) is 5.66.